The Bertz CT molecular complexity index is 840. The molecule has 0 saturated carbocycles. The molecule has 0 spiro atoms. The number of nitrogens with one attached hydrogen (secondary N) is 1. The van der Waals surface area contributed by atoms with E-state index in [0.29, 0.717) is 16.5 Å². The topological polar surface area (TPSA) is 40.0 Å². The third-order valence-corrected chi connectivity index (χ3v) is 5.16. The van der Waals surface area contributed by atoms with E-state index in [1.165, 1.54) is 0 Å². The third-order valence-electron chi connectivity index (χ3n) is 4.44. The summed E-state index contributed by atoms with van der Waals surface area (Å²) in [4.78, 5) is 12.1. The molecule has 0 aliphatic carbocycles. The summed E-state index contributed by atoms with van der Waals surface area (Å²) in [5, 5.41) is 4.38. The zero-order valence-electron chi connectivity index (χ0n) is 13.7. The molecular formula is C19H18Cl2N4. The molecule has 25 heavy (non-hydrogen) atoms. The van der Waals surface area contributed by atoms with Gasteiger partial charge in [-0.25, -0.2) is 4.99 Å². The van der Waals surface area contributed by atoms with E-state index in [-0.39, 0.29) is 0 Å². The van der Waals surface area contributed by atoms with Crippen LogP contribution in [0.2, 0.25) is 10.0 Å². The van der Waals surface area contributed by atoms with Gasteiger partial charge in [0.25, 0.3) is 0 Å². The molecule has 2 aromatic carbocycles. The Labute approximate surface area is 157 Å². The van der Waals surface area contributed by atoms with E-state index < -0.39 is 0 Å². The first-order valence-corrected chi connectivity index (χ1v) is 9.11. The highest BCUT2D eigenvalue weighted by atomic mass is 35.5. The van der Waals surface area contributed by atoms with Gasteiger partial charge in [0.2, 0.25) is 0 Å². The molecule has 6 heteroatoms. The number of halogens is 2. The van der Waals surface area contributed by atoms with E-state index in [1.807, 2.05) is 18.2 Å². The van der Waals surface area contributed by atoms with Gasteiger partial charge in [-0.3, -0.25) is 4.99 Å². The average molecular weight is 373 g/mol. The number of rotatable bonds is 1. The number of aliphatic imine (C=N–C) groups is 2. The third kappa shape index (κ3) is 3.56. The van der Waals surface area contributed by atoms with E-state index in [9.17, 15) is 0 Å². The minimum atomic E-state index is 0.498. The standard InChI is InChI=1S/C19H18Cl2N4/c20-14-10-17-18(11-15(14)21)24-19(25-8-6-22-7-9-25)12-16(23-17)13-4-2-1-3-5-13/h1-5,10-11,22H,6-9,12H2. The van der Waals surface area contributed by atoms with Gasteiger partial charge < -0.3 is 10.2 Å². The van der Waals surface area contributed by atoms with Crippen LogP contribution in [0.5, 0.6) is 0 Å². The maximum absolute atomic E-state index is 6.21. The molecule has 0 amide bonds. The van der Waals surface area contributed by atoms with Crippen molar-refractivity contribution in [2.75, 3.05) is 26.2 Å². The molecule has 2 aliphatic rings. The lowest BCUT2D eigenvalue weighted by Gasteiger charge is -2.30. The van der Waals surface area contributed by atoms with Crippen LogP contribution in [-0.2, 0) is 0 Å². The van der Waals surface area contributed by atoms with E-state index >= 15 is 0 Å². The Morgan fingerprint density at radius 2 is 1.52 bits per heavy atom. The van der Waals surface area contributed by atoms with Crippen LogP contribution in [0.1, 0.15) is 12.0 Å². The van der Waals surface area contributed by atoms with Gasteiger partial charge in [0, 0.05) is 32.6 Å². The molecule has 4 rings (SSSR count). The van der Waals surface area contributed by atoms with Crippen LogP contribution in [-0.4, -0.2) is 42.6 Å². The fraction of sp³-hybridized carbons (Fsp3) is 0.263. The molecule has 1 N–H and O–H groups in total. The smallest absolute Gasteiger partial charge is 0.111 e. The second kappa shape index (κ2) is 7.16. The van der Waals surface area contributed by atoms with Crippen molar-refractivity contribution in [1.29, 1.82) is 0 Å². The van der Waals surface area contributed by atoms with Crippen molar-refractivity contribution in [3.8, 4) is 0 Å². The quantitative estimate of drug-likeness (QED) is 0.802. The van der Waals surface area contributed by atoms with Gasteiger partial charge in [0.05, 0.1) is 27.1 Å². The number of nitrogens with zero attached hydrogens (tertiary/aromatic N) is 3. The molecule has 0 atom stereocenters. The van der Waals surface area contributed by atoms with Crippen LogP contribution in [0.25, 0.3) is 0 Å². The van der Waals surface area contributed by atoms with Crippen LogP contribution >= 0.6 is 23.2 Å². The lowest BCUT2D eigenvalue weighted by molar-refractivity contribution is 0.354. The van der Waals surface area contributed by atoms with E-state index in [1.54, 1.807) is 12.1 Å². The summed E-state index contributed by atoms with van der Waals surface area (Å²) in [5.41, 5.74) is 3.63. The first kappa shape index (κ1) is 16.6. The Kier molecular flexibility index (Phi) is 4.75. The van der Waals surface area contributed by atoms with Crippen molar-refractivity contribution in [1.82, 2.24) is 10.2 Å². The van der Waals surface area contributed by atoms with Crippen molar-refractivity contribution in [3.63, 3.8) is 0 Å². The molecule has 0 radical (unpaired) electrons. The Hall–Kier alpha value is -1.88. The fourth-order valence-corrected chi connectivity index (χ4v) is 3.44. The van der Waals surface area contributed by atoms with Gasteiger partial charge >= 0.3 is 0 Å². The zero-order chi connectivity index (χ0) is 17.2. The van der Waals surface area contributed by atoms with Crippen LogP contribution < -0.4 is 5.32 Å². The summed E-state index contributed by atoms with van der Waals surface area (Å²) in [6.07, 6.45) is 0.688. The van der Waals surface area contributed by atoms with Gasteiger partial charge in [-0.05, 0) is 17.7 Å². The predicted octanol–water partition coefficient (Wildman–Crippen LogP) is 4.45. The van der Waals surface area contributed by atoms with E-state index in [0.717, 1.165) is 54.7 Å². The molecule has 0 bridgehead atoms. The summed E-state index contributed by atoms with van der Waals surface area (Å²) < 4.78 is 0. The van der Waals surface area contributed by atoms with Crippen molar-refractivity contribution in [2.24, 2.45) is 9.98 Å². The summed E-state index contributed by atoms with van der Waals surface area (Å²) in [6.45, 7) is 3.81. The average Bonchev–Trinajstić information content (AvgIpc) is 2.83. The molecule has 2 heterocycles. The second-order valence-electron chi connectivity index (χ2n) is 6.12. The molecule has 2 aliphatic heterocycles. The van der Waals surface area contributed by atoms with Crippen molar-refractivity contribution in [3.05, 3.63) is 58.1 Å². The number of hydrogen-bond donors (Lipinski definition) is 1. The predicted molar refractivity (Wildman–Crippen MR) is 105 cm³/mol. The molecule has 0 aromatic heterocycles. The van der Waals surface area contributed by atoms with Gasteiger partial charge in [0.15, 0.2) is 0 Å². The Balaban J connectivity index is 1.82. The highest BCUT2D eigenvalue weighted by Crippen LogP contribution is 2.38. The van der Waals surface area contributed by atoms with Crippen LogP contribution in [0.3, 0.4) is 0 Å². The van der Waals surface area contributed by atoms with E-state index in [4.69, 9.17) is 33.2 Å². The normalized spacial score (nSPS) is 17.4. The fourth-order valence-electron chi connectivity index (χ4n) is 3.12. The molecular weight excluding hydrogens is 355 g/mol. The number of piperazine rings is 1. The lowest BCUT2D eigenvalue weighted by Crippen LogP contribution is -2.46. The first-order valence-electron chi connectivity index (χ1n) is 8.36. The number of hydrogen-bond acceptors (Lipinski definition) is 4. The summed E-state index contributed by atoms with van der Waals surface area (Å²) in [7, 11) is 0. The summed E-state index contributed by atoms with van der Waals surface area (Å²) >= 11 is 12.4. The van der Waals surface area contributed by atoms with Gasteiger partial charge in [-0.15, -0.1) is 0 Å². The van der Waals surface area contributed by atoms with Crippen molar-refractivity contribution < 1.29 is 0 Å². The summed E-state index contributed by atoms with van der Waals surface area (Å²) in [6, 6.07) is 13.8. The van der Waals surface area contributed by atoms with Crippen molar-refractivity contribution >= 4 is 46.1 Å². The van der Waals surface area contributed by atoms with E-state index in [2.05, 4.69) is 22.3 Å². The maximum Gasteiger partial charge on any atom is 0.111 e. The van der Waals surface area contributed by atoms with Crippen LogP contribution in [0, 0.1) is 0 Å². The summed E-state index contributed by atoms with van der Waals surface area (Å²) in [5.74, 6) is 1.03. The molecule has 128 valence electrons. The highest BCUT2D eigenvalue weighted by Gasteiger charge is 2.21. The lowest BCUT2D eigenvalue weighted by atomic mass is 10.1. The minimum Gasteiger partial charge on any atom is -0.357 e. The van der Waals surface area contributed by atoms with Crippen LogP contribution in [0.15, 0.2) is 52.4 Å². The SMILES string of the molecule is Clc1cc2c(cc1Cl)N=C(N1CCNCC1)CC(c1ccccc1)=N2. The maximum atomic E-state index is 6.21. The number of benzene rings is 2. The van der Waals surface area contributed by atoms with Gasteiger partial charge in [-0.2, -0.15) is 0 Å². The molecule has 0 unspecified atom stereocenters. The Morgan fingerprint density at radius 1 is 0.880 bits per heavy atom. The van der Waals surface area contributed by atoms with Gasteiger partial charge in [0.1, 0.15) is 5.84 Å². The van der Waals surface area contributed by atoms with Crippen molar-refractivity contribution in [2.45, 2.75) is 6.42 Å². The first-order chi connectivity index (χ1) is 12.2. The molecule has 2 aromatic rings. The number of amidine groups is 1. The molecule has 4 nitrogen and oxygen atoms in total. The minimum absolute atomic E-state index is 0.498. The zero-order valence-corrected chi connectivity index (χ0v) is 15.2. The second-order valence-corrected chi connectivity index (χ2v) is 6.94. The largest absolute Gasteiger partial charge is 0.357 e. The Morgan fingerprint density at radius 3 is 2.20 bits per heavy atom. The van der Waals surface area contributed by atoms with Crippen LogP contribution in [0.4, 0.5) is 11.4 Å². The van der Waals surface area contributed by atoms with Gasteiger partial charge in [-0.1, -0.05) is 53.5 Å². The molecule has 1 fully saturated rings. The number of fused-ring (bicyclic) bond motifs is 1. The molecule has 1 saturated heterocycles. The monoisotopic (exact) mass is 372 g/mol. The highest BCUT2D eigenvalue weighted by molar-refractivity contribution is 6.42.